The van der Waals surface area contributed by atoms with Gasteiger partial charge in [-0.3, -0.25) is 0 Å². The first kappa shape index (κ1) is 12.3. The van der Waals surface area contributed by atoms with Crippen LogP contribution in [0.1, 0.15) is 12.5 Å². The van der Waals surface area contributed by atoms with Crippen molar-refractivity contribution in [1.29, 1.82) is 5.26 Å². The van der Waals surface area contributed by atoms with Gasteiger partial charge in [-0.25, -0.2) is 0 Å². The Balaban J connectivity index is 3.11. The van der Waals surface area contributed by atoms with Crippen LogP contribution in [-0.4, -0.2) is 26.7 Å². The Kier molecular flexibility index (Phi) is 4.62. The summed E-state index contributed by atoms with van der Waals surface area (Å²) in [5, 5.41) is 9.05. The molecule has 0 atom stereocenters. The van der Waals surface area contributed by atoms with Crippen LogP contribution < -0.4 is 15.4 Å². The smallest absolute Gasteiger partial charge is 0.121 e. The Bertz CT molecular complexity index is 384. The molecule has 16 heavy (non-hydrogen) atoms. The van der Waals surface area contributed by atoms with Crippen molar-refractivity contribution in [1.82, 2.24) is 0 Å². The molecule has 2 N–H and O–H groups in total. The minimum atomic E-state index is 0.565. The maximum atomic E-state index is 9.05. The van der Waals surface area contributed by atoms with E-state index in [-0.39, 0.29) is 0 Å². The highest BCUT2D eigenvalue weighted by Gasteiger charge is 2.10. The van der Waals surface area contributed by atoms with E-state index in [9.17, 15) is 0 Å². The Morgan fingerprint density at radius 1 is 1.50 bits per heavy atom. The zero-order chi connectivity index (χ0) is 12.0. The maximum absolute atomic E-state index is 9.05. The summed E-state index contributed by atoms with van der Waals surface area (Å²) in [6.45, 7) is 4.16. The van der Waals surface area contributed by atoms with Gasteiger partial charge >= 0.3 is 0 Å². The molecule has 0 amide bonds. The molecule has 0 radical (unpaired) electrons. The van der Waals surface area contributed by atoms with Crippen LogP contribution in [0.3, 0.4) is 0 Å². The average molecular weight is 219 g/mol. The number of methoxy groups -OCH3 is 1. The van der Waals surface area contributed by atoms with Crippen molar-refractivity contribution in [3.8, 4) is 11.8 Å². The molecule has 0 spiro atoms. The quantitative estimate of drug-likeness (QED) is 0.812. The molecule has 0 aliphatic rings. The van der Waals surface area contributed by atoms with Crippen molar-refractivity contribution in [2.45, 2.75) is 6.92 Å². The van der Waals surface area contributed by atoms with Gasteiger partial charge in [0.05, 0.1) is 18.4 Å². The number of hydrogen-bond acceptors (Lipinski definition) is 4. The number of likely N-dealkylation sites (N-methyl/N-ethyl adjacent to an activating group) is 1. The van der Waals surface area contributed by atoms with Gasteiger partial charge in [0.1, 0.15) is 11.8 Å². The van der Waals surface area contributed by atoms with Crippen LogP contribution in [-0.2, 0) is 0 Å². The molecule has 0 heterocycles. The van der Waals surface area contributed by atoms with Crippen LogP contribution >= 0.6 is 0 Å². The van der Waals surface area contributed by atoms with E-state index >= 15 is 0 Å². The third-order valence-electron chi connectivity index (χ3n) is 2.45. The van der Waals surface area contributed by atoms with Crippen LogP contribution in [0.5, 0.6) is 5.75 Å². The maximum Gasteiger partial charge on any atom is 0.121 e. The first-order chi connectivity index (χ1) is 7.76. The van der Waals surface area contributed by atoms with Gasteiger partial charge in [-0.15, -0.1) is 0 Å². The summed E-state index contributed by atoms with van der Waals surface area (Å²) in [5.74, 6) is 0.754. The predicted molar refractivity (Wildman–Crippen MR) is 64.7 cm³/mol. The second-order valence-electron chi connectivity index (χ2n) is 3.36. The fourth-order valence-corrected chi connectivity index (χ4v) is 1.60. The molecule has 1 aromatic carbocycles. The summed E-state index contributed by atoms with van der Waals surface area (Å²) in [5.41, 5.74) is 7.08. The standard InChI is InChI=1S/C12H17N3O/c1-3-15(7-6-13)12-8-11(16-2)5-4-10(12)9-14/h4-5,8H,3,6-7,13H2,1-2H3. The molecule has 0 saturated heterocycles. The predicted octanol–water partition coefficient (Wildman–Crippen LogP) is 1.35. The molecule has 0 saturated carbocycles. The van der Waals surface area contributed by atoms with Gasteiger partial charge in [-0.1, -0.05) is 0 Å². The van der Waals surface area contributed by atoms with E-state index in [0.717, 1.165) is 24.5 Å². The zero-order valence-corrected chi connectivity index (χ0v) is 9.73. The van der Waals surface area contributed by atoms with Crippen molar-refractivity contribution in [2.24, 2.45) is 5.73 Å². The number of nitriles is 1. The van der Waals surface area contributed by atoms with E-state index in [1.807, 2.05) is 13.0 Å². The number of ether oxygens (including phenoxy) is 1. The molecule has 0 aromatic heterocycles. The lowest BCUT2D eigenvalue weighted by Crippen LogP contribution is -2.29. The van der Waals surface area contributed by atoms with E-state index in [1.165, 1.54) is 0 Å². The van der Waals surface area contributed by atoms with Crippen LogP contribution in [0.4, 0.5) is 5.69 Å². The SMILES string of the molecule is CCN(CCN)c1cc(OC)ccc1C#N. The third-order valence-corrected chi connectivity index (χ3v) is 2.45. The summed E-state index contributed by atoms with van der Waals surface area (Å²) in [4.78, 5) is 2.07. The molecule has 4 nitrogen and oxygen atoms in total. The van der Waals surface area contributed by atoms with Crippen molar-refractivity contribution in [2.75, 3.05) is 31.6 Å². The molecule has 0 bridgehead atoms. The minimum Gasteiger partial charge on any atom is -0.497 e. The summed E-state index contributed by atoms with van der Waals surface area (Å²) in [6, 6.07) is 7.62. The number of hydrogen-bond donors (Lipinski definition) is 1. The highest BCUT2D eigenvalue weighted by atomic mass is 16.5. The molecule has 0 fully saturated rings. The normalized spacial score (nSPS) is 9.62. The Morgan fingerprint density at radius 2 is 2.25 bits per heavy atom. The van der Waals surface area contributed by atoms with Gasteiger partial charge < -0.3 is 15.4 Å². The number of anilines is 1. The summed E-state index contributed by atoms with van der Waals surface area (Å²) >= 11 is 0. The monoisotopic (exact) mass is 219 g/mol. The van der Waals surface area contributed by atoms with Crippen molar-refractivity contribution in [3.05, 3.63) is 23.8 Å². The molecule has 4 heteroatoms. The minimum absolute atomic E-state index is 0.565. The lowest BCUT2D eigenvalue weighted by molar-refractivity contribution is 0.414. The summed E-state index contributed by atoms with van der Waals surface area (Å²) in [6.07, 6.45) is 0. The number of benzene rings is 1. The van der Waals surface area contributed by atoms with E-state index < -0.39 is 0 Å². The summed E-state index contributed by atoms with van der Waals surface area (Å²) < 4.78 is 5.16. The van der Waals surface area contributed by atoms with Crippen molar-refractivity contribution < 1.29 is 4.74 Å². The molecular formula is C12H17N3O. The Morgan fingerprint density at radius 3 is 2.75 bits per heavy atom. The molecular weight excluding hydrogens is 202 g/mol. The van der Waals surface area contributed by atoms with Gasteiger partial charge in [0, 0.05) is 25.7 Å². The van der Waals surface area contributed by atoms with Gasteiger partial charge in [-0.2, -0.15) is 5.26 Å². The fourth-order valence-electron chi connectivity index (χ4n) is 1.60. The fraction of sp³-hybridized carbons (Fsp3) is 0.417. The van der Waals surface area contributed by atoms with Gasteiger partial charge in [0.15, 0.2) is 0 Å². The molecule has 0 unspecified atom stereocenters. The van der Waals surface area contributed by atoms with Crippen molar-refractivity contribution in [3.63, 3.8) is 0 Å². The second-order valence-corrected chi connectivity index (χ2v) is 3.36. The lowest BCUT2D eigenvalue weighted by Gasteiger charge is -2.23. The van der Waals surface area contributed by atoms with Gasteiger partial charge in [-0.05, 0) is 19.1 Å². The van der Waals surface area contributed by atoms with Crippen LogP contribution in [0.15, 0.2) is 18.2 Å². The summed E-state index contributed by atoms with van der Waals surface area (Å²) in [7, 11) is 1.62. The van der Waals surface area contributed by atoms with Crippen LogP contribution in [0.2, 0.25) is 0 Å². The number of rotatable bonds is 5. The zero-order valence-electron chi connectivity index (χ0n) is 9.73. The topological polar surface area (TPSA) is 62.3 Å². The molecule has 0 aliphatic carbocycles. The number of nitrogens with two attached hydrogens (primary N) is 1. The molecule has 86 valence electrons. The highest BCUT2D eigenvalue weighted by molar-refractivity contribution is 5.62. The molecule has 1 rings (SSSR count). The number of nitrogens with zero attached hydrogens (tertiary/aromatic N) is 2. The Labute approximate surface area is 96.2 Å². The second kappa shape index (κ2) is 5.99. The van der Waals surface area contributed by atoms with E-state index in [1.54, 1.807) is 19.2 Å². The molecule has 1 aromatic rings. The van der Waals surface area contributed by atoms with E-state index in [0.29, 0.717) is 12.1 Å². The molecule has 0 aliphatic heterocycles. The Hall–Kier alpha value is -1.73. The van der Waals surface area contributed by atoms with E-state index in [4.69, 9.17) is 15.7 Å². The lowest BCUT2D eigenvalue weighted by atomic mass is 10.1. The van der Waals surface area contributed by atoms with Crippen LogP contribution in [0.25, 0.3) is 0 Å². The van der Waals surface area contributed by atoms with Crippen LogP contribution in [0, 0.1) is 11.3 Å². The third kappa shape index (κ3) is 2.65. The van der Waals surface area contributed by atoms with Gasteiger partial charge in [0.2, 0.25) is 0 Å². The highest BCUT2D eigenvalue weighted by Crippen LogP contribution is 2.25. The average Bonchev–Trinajstić information content (AvgIpc) is 2.35. The van der Waals surface area contributed by atoms with Crippen molar-refractivity contribution >= 4 is 5.69 Å². The largest absolute Gasteiger partial charge is 0.497 e. The first-order valence-corrected chi connectivity index (χ1v) is 5.30. The van der Waals surface area contributed by atoms with E-state index in [2.05, 4.69) is 11.0 Å². The first-order valence-electron chi connectivity index (χ1n) is 5.30. The van der Waals surface area contributed by atoms with Gasteiger partial charge in [0.25, 0.3) is 0 Å².